The molecule has 2 heterocycles. The maximum atomic E-state index is 4.37. The number of hydrogen-bond acceptors (Lipinski definition) is 2. The minimum Gasteiger partial charge on any atom is -0.347 e. The summed E-state index contributed by atoms with van der Waals surface area (Å²) in [5.74, 6) is 0. The van der Waals surface area contributed by atoms with E-state index < -0.39 is 0 Å². The molecule has 0 saturated carbocycles. The van der Waals surface area contributed by atoms with E-state index in [1.807, 2.05) is 0 Å². The zero-order chi connectivity index (χ0) is 12.5. The Kier molecular flexibility index (Phi) is 2.88. The third-order valence-corrected chi connectivity index (χ3v) is 3.63. The molecule has 0 atom stereocenters. The fourth-order valence-corrected chi connectivity index (χ4v) is 2.64. The Balaban J connectivity index is 2.33. The van der Waals surface area contributed by atoms with Crippen molar-refractivity contribution in [2.24, 2.45) is 0 Å². The predicted octanol–water partition coefficient (Wildman–Crippen LogP) is 3.88. The van der Waals surface area contributed by atoms with Crippen LogP contribution in [0.2, 0.25) is 0 Å². The van der Waals surface area contributed by atoms with Gasteiger partial charge in [0.25, 0.3) is 0 Å². The van der Waals surface area contributed by atoms with Crippen LogP contribution in [0.5, 0.6) is 0 Å². The van der Waals surface area contributed by atoms with Gasteiger partial charge in [-0.25, -0.2) is 9.97 Å². The highest BCUT2D eigenvalue weighted by Gasteiger charge is 2.12. The van der Waals surface area contributed by atoms with E-state index in [1.165, 1.54) is 10.9 Å². The lowest BCUT2D eigenvalue weighted by Crippen LogP contribution is -1.90. The third-order valence-electron chi connectivity index (χ3n) is 3.05. The van der Waals surface area contributed by atoms with Crippen molar-refractivity contribution in [3.05, 3.63) is 47.5 Å². The van der Waals surface area contributed by atoms with Crippen LogP contribution in [-0.2, 0) is 6.54 Å². The fourth-order valence-electron chi connectivity index (χ4n) is 2.21. The minimum absolute atomic E-state index is 0.920. The molecule has 90 valence electrons. The largest absolute Gasteiger partial charge is 0.347 e. The molecule has 0 amide bonds. The summed E-state index contributed by atoms with van der Waals surface area (Å²) in [7, 11) is 0. The van der Waals surface area contributed by atoms with Crippen LogP contribution in [0.15, 0.2) is 47.5 Å². The van der Waals surface area contributed by atoms with Crippen molar-refractivity contribution in [1.29, 1.82) is 0 Å². The molecule has 0 aliphatic heterocycles. The molecule has 0 radical (unpaired) electrons. The van der Waals surface area contributed by atoms with E-state index in [0.29, 0.717) is 0 Å². The molecule has 0 saturated heterocycles. The van der Waals surface area contributed by atoms with E-state index in [1.54, 1.807) is 12.5 Å². The van der Waals surface area contributed by atoms with Gasteiger partial charge >= 0.3 is 0 Å². The molecule has 0 aliphatic rings. The molecule has 0 N–H and O–H groups in total. The molecular weight excluding hydrogens is 290 g/mol. The smallest absolute Gasteiger partial charge is 0.116 e. The topological polar surface area (TPSA) is 30.7 Å². The molecule has 3 aromatic rings. The number of nitrogens with zero attached hydrogens (tertiary/aromatic N) is 3. The molecule has 0 fully saturated rings. The lowest BCUT2D eigenvalue weighted by molar-refractivity contribution is 0.798. The predicted molar refractivity (Wildman–Crippen MR) is 76.3 cm³/mol. The first kappa shape index (κ1) is 11.4. The number of hydrogen-bond donors (Lipinski definition) is 0. The number of aryl methyl sites for hydroxylation is 1. The summed E-state index contributed by atoms with van der Waals surface area (Å²) >= 11 is 3.52. The highest BCUT2D eigenvalue weighted by atomic mass is 79.9. The zero-order valence-electron chi connectivity index (χ0n) is 9.97. The van der Waals surface area contributed by atoms with Crippen LogP contribution in [0.1, 0.15) is 6.92 Å². The normalized spacial score (nSPS) is 11.0. The van der Waals surface area contributed by atoms with Gasteiger partial charge < -0.3 is 4.57 Å². The van der Waals surface area contributed by atoms with Crippen molar-refractivity contribution in [1.82, 2.24) is 14.5 Å². The molecule has 4 heteroatoms. The fraction of sp³-hybridized carbons (Fsp3) is 0.143. The number of halogens is 1. The monoisotopic (exact) mass is 301 g/mol. The molecular formula is C14H12BrN3. The van der Waals surface area contributed by atoms with Crippen molar-refractivity contribution in [2.45, 2.75) is 13.5 Å². The second-order valence-electron chi connectivity index (χ2n) is 4.07. The van der Waals surface area contributed by atoms with E-state index in [0.717, 1.165) is 22.3 Å². The molecule has 18 heavy (non-hydrogen) atoms. The van der Waals surface area contributed by atoms with E-state index in [-0.39, 0.29) is 0 Å². The molecule has 0 aliphatic carbocycles. The standard InChI is InChI=1S/C14H12BrN3/c1-2-18-8-11(10-5-3-4-6-13(10)18)14-12(15)7-16-9-17-14/h3-9H,2H2,1H3. The lowest BCUT2D eigenvalue weighted by Gasteiger charge is -2.00. The summed E-state index contributed by atoms with van der Waals surface area (Å²) in [5, 5.41) is 1.22. The number of rotatable bonds is 2. The highest BCUT2D eigenvalue weighted by Crippen LogP contribution is 2.32. The van der Waals surface area contributed by atoms with Crippen molar-refractivity contribution < 1.29 is 0 Å². The molecule has 2 aromatic heterocycles. The Morgan fingerprint density at radius 1 is 1.28 bits per heavy atom. The van der Waals surface area contributed by atoms with Gasteiger partial charge in [-0.3, -0.25) is 0 Å². The first-order valence-corrected chi connectivity index (χ1v) is 6.64. The van der Waals surface area contributed by atoms with E-state index in [9.17, 15) is 0 Å². The number of aromatic nitrogens is 3. The Bertz CT molecular complexity index is 703. The summed E-state index contributed by atoms with van der Waals surface area (Å²) in [6, 6.07) is 8.39. The maximum Gasteiger partial charge on any atom is 0.116 e. The van der Waals surface area contributed by atoms with Crippen molar-refractivity contribution in [3.63, 3.8) is 0 Å². The van der Waals surface area contributed by atoms with Gasteiger partial charge in [0.2, 0.25) is 0 Å². The zero-order valence-corrected chi connectivity index (χ0v) is 11.6. The number of benzene rings is 1. The van der Waals surface area contributed by atoms with Gasteiger partial charge in [0.15, 0.2) is 0 Å². The first-order chi connectivity index (χ1) is 8.81. The van der Waals surface area contributed by atoms with E-state index in [4.69, 9.17) is 0 Å². The molecule has 3 rings (SSSR count). The first-order valence-electron chi connectivity index (χ1n) is 5.85. The van der Waals surface area contributed by atoms with Gasteiger partial charge in [0, 0.05) is 35.4 Å². The van der Waals surface area contributed by atoms with Gasteiger partial charge in [-0.1, -0.05) is 18.2 Å². The van der Waals surface area contributed by atoms with Gasteiger partial charge in [-0.2, -0.15) is 0 Å². The van der Waals surface area contributed by atoms with Crippen LogP contribution in [0.25, 0.3) is 22.2 Å². The van der Waals surface area contributed by atoms with Crippen LogP contribution in [0.4, 0.5) is 0 Å². The van der Waals surface area contributed by atoms with Gasteiger partial charge in [0.05, 0.1) is 10.2 Å². The summed E-state index contributed by atoms with van der Waals surface area (Å²) in [6.45, 7) is 3.09. The molecule has 1 aromatic carbocycles. The molecule has 0 spiro atoms. The number of fused-ring (bicyclic) bond motifs is 1. The maximum absolute atomic E-state index is 4.37. The van der Waals surface area contributed by atoms with Crippen LogP contribution < -0.4 is 0 Å². The average Bonchev–Trinajstić information content (AvgIpc) is 2.78. The van der Waals surface area contributed by atoms with Gasteiger partial charge in [0.1, 0.15) is 6.33 Å². The van der Waals surface area contributed by atoms with Crippen LogP contribution in [0.3, 0.4) is 0 Å². The molecule has 0 unspecified atom stereocenters. The highest BCUT2D eigenvalue weighted by molar-refractivity contribution is 9.10. The van der Waals surface area contributed by atoms with Crippen LogP contribution in [0, 0.1) is 0 Å². The summed E-state index contributed by atoms with van der Waals surface area (Å²) in [4.78, 5) is 8.39. The minimum atomic E-state index is 0.920. The quantitative estimate of drug-likeness (QED) is 0.719. The third kappa shape index (κ3) is 1.73. The second-order valence-corrected chi connectivity index (χ2v) is 4.92. The summed E-state index contributed by atoms with van der Waals surface area (Å²) in [5.41, 5.74) is 3.32. The average molecular weight is 302 g/mol. The summed E-state index contributed by atoms with van der Waals surface area (Å²) in [6.07, 6.45) is 5.51. The Morgan fingerprint density at radius 2 is 2.11 bits per heavy atom. The lowest BCUT2D eigenvalue weighted by atomic mass is 10.1. The Hall–Kier alpha value is -1.68. The molecule has 0 bridgehead atoms. The molecule has 3 nitrogen and oxygen atoms in total. The van der Waals surface area contributed by atoms with Crippen LogP contribution >= 0.6 is 15.9 Å². The number of para-hydroxylation sites is 1. The van der Waals surface area contributed by atoms with Gasteiger partial charge in [-0.15, -0.1) is 0 Å². The van der Waals surface area contributed by atoms with E-state index in [2.05, 4.69) is 67.9 Å². The van der Waals surface area contributed by atoms with Crippen molar-refractivity contribution >= 4 is 26.8 Å². The van der Waals surface area contributed by atoms with Crippen molar-refractivity contribution in [2.75, 3.05) is 0 Å². The Morgan fingerprint density at radius 3 is 2.89 bits per heavy atom. The second kappa shape index (κ2) is 4.53. The SMILES string of the molecule is CCn1cc(-c2ncncc2Br)c2ccccc21. The summed E-state index contributed by atoms with van der Waals surface area (Å²) < 4.78 is 3.16. The van der Waals surface area contributed by atoms with Crippen molar-refractivity contribution in [3.8, 4) is 11.3 Å². The van der Waals surface area contributed by atoms with E-state index >= 15 is 0 Å². The van der Waals surface area contributed by atoms with Crippen LogP contribution in [-0.4, -0.2) is 14.5 Å². The van der Waals surface area contributed by atoms with Gasteiger partial charge in [-0.05, 0) is 28.9 Å². The Labute approximate surface area is 114 Å².